The van der Waals surface area contributed by atoms with Gasteiger partial charge in [-0.1, -0.05) is 13.8 Å². The number of rotatable bonds is 23. The Morgan fingerprint density at radius 1 is 0.789 bits per heavy atom. The van der Waals surface area contributed by atoms with E-state index in [-0.39, 0.29) is 30.1 Å². The molecular weight excluding hydrogens is 484 g/mol. The van der Waals surface area contributed by atoms with Crippen LogP contribution < -0.4 is 0 Å². The Kier molecular flexibility index (Phi) is 17.0. The second-order valence-corrected chi connectivity index (χ2v) is 13.4. The molecule has 0 radical (unpaired) electrons. The van der Waals surface area contributed by atoms with Gasteiger partial charge in [0.1, 0.15) is 12.9 Å². The van der Waals surface area contributed by atoms with Gasteiger partial charge in [-0.15, -0.1) is 0 Å². The Balaban J connectivity index is 5.54. The molecule has 0 aromatic heterocycles. The third-order valence-corrected chi connectivity index (χ3v) is 7.46. The molecule has 0 spiro atoms. The summed E-state index contributed by atoms with van der Waals surface area (Å²) >= 11 is 0. The first-order chi connectivity index (χ1) is 17.4. The Hall–Kier alpha value is -0.570. The predicted octanol–water partition coefficient (Wildman–Crippen LogP) is 6.50. The van der Waals surface area contributed by atoms with E-state index in [2.05, 4.69) is 62.3 Å². The smallest absolute Gasteiger partial charge is 0.145 e. The minimum atomic E-state index is -0.552. The first-order valence-electron chi connectivity index (χ1n) is 14.5. The molecule has 0 amide bonds. The zero-order valence-electron chi connectivity index (χ0n) is 27.1. The third kappa shape index (κ3) is 15.9. The maximum atomic E-state index is 10.7. The summed E-state index contributed by atoms with van der Waals surface area (Å²) in [5, 5.41) is 0. The number of hydrogen-bond donors (Lipinski definition) is 0. The quantitative estimate of drug-likeness (QED) is 0.136. The Morgan fingerprint density at radius 3 is 1.92 bits per heavy atom. The molecule has 7 nitrogen and oxygen atoms in total. The van der Waals surface area contributed by atoms with Gasteiger partial charge in [0.15, 0.2) is 0 Å². The van der Waals surface area contributed by atoms with Gasteiger partial charge < -0.3 is 33.2 Å². The van der Waals surface area contributed by atoms with Crippen LogP contribution in [0.15, 0.2) is 0 Å². The normalized spacial score (nSPS) is 16.1. The fourth-order valence-corrected chi connectivity index (χ4v) is 4.33. The average molecular weight is 547 g/mol. The highest BCUT2D eigenvalue weighted by Gasteiger charge is 2.38. The van der Waals surface area contributed by atoms with Gasteiger partial charge in [0, 0.05) is 32.2 Å². The van der Waals surface area contributed by atoms with E-state index in [1.807, 2.05) is 20.8 Å². The van der Waals surface area contributed by atoms with E-state index in [1.165, 1.54) is 0 Å². The Bertz CT molecular complexity index is 628. The lowest BCUT2D eigenvalue weighted by atomic mass is 9.82. The summed E-state index contributed by atoms with van der Waals surface area (Å²) in [7, 11) is 1.76. The van der Waals surface area contributed by atoms with Gasteiger partial charge in [0.05, 0.1) is 48.3 Å². The zero-order chi connectivity index (χ0) is 29.6. The minimum Gasteiger partial charge on any atom is -0.381 e. The van der Waals surface area contributed by atoms with Crippen LogP contribution in [-0.4, -0.2) is 81.5 Å². The molecule has 0 aliphatic heterocycles. The molecule has 0 saturated carbocycles. The standard InChI is InChI=1S/C31H62O7/c1-14-35-25(4)19-26(30(9,10)33-13)21-34-22-27(31(11,12)37-17-15-24(2)3)20-28(5,6)38-23-29(7,8)36-18-16-32/h16,24-27H,14-15,17-23H2,1-13H3. The van der Waals surface area contributed by atoms with Crippen LogP contribution in [0, 0.1) is 17.8 Å². The lowest BCUT2D eigenvalue weighted by molar-refractivity contribution is -0.153. The van der Waals surface area contributed by atoms with Gasteiger partial charge in [-0.3, -0.25) is 0 Å². The maximum absolute atomic E-state index is 10.7. The van der Waals surface area contributed by atoms with Crippen molar-refractivity contribution in [3.63, 3.8) is 0 Å². The molecular formula is C31H62O7. The highest BCUT2D eigenvalue weighted by molar-refractivity contribution is 5.50. The topological polar surface area (TPSA) is 72.5 Å². The Labute approximate surface area is 235 Å². The number of hydrogen-bond acceptors (Lipinski definition) is 7. The second-order valence-electron chi connectivity index (χ2n) is 13.4. The van der Waals surface area contributed by atoms with E-state index in [0.29, 0.717) is 39.0 Å². The van der Waals surface area contributed by atoms with E-state index in [1.54, 1.807) is 7.11 Å². The lowest BCUT2D eigenvalue weighted by Crippen LogP contribution is -2.45. The van der Waals surface area contributed by atoms with Crippen LogP contribution in [0.25, 0.3) is 0 Å². The summed E-state index contributed by atoms with van der Waals surface area (Å²) < 4.78 is 36.5. The van der Waals surface area contributed by atoms with Crippen molar-refractivity contribution in [1.82, 2.24) is 0 Å². The van der Waals surface area contributed by atoms with Crippen LogP contribution in [0.3, 0.4) is 0 Å². The maximum Gasteiger partial charge on any atom is 0.145 e. The third-order valence-electron chi connectivity index (χ3n) is 7.46. The monoisotopic (exact) mass is 546 g/mol. The fourth-order valence-electron chi connectivity index (χ4n) is 4.33. The van der Waals surface area contributed by atoms with Crippen molar-refractivity contribution in [3.05, 3.63) is 0 Å². The fraction of sp³-hybridized carbons (Fsp3) is 0.968. The van der Waals surface area contributed by atoms with Gasteiger partial charge >= 0.3 is 0 Å². The van der Waals surface area contributed by atoms with Gasteiger partial charge in [0.2, 0.25) is 0 Å². The highest BCUT2D eigenvalue weighted by atomic mass is 16.6. The minimum absolute atomic E-state index is 0.0604. The SMILES string of the molecule is CCOC(C)CC(COCC(CC(C)(C)OCC(C)(C)OCC=O)C(C)(C)OCCC(C)C)C(C)(C)OC. The molecule has 3 unspecified atom stereocenters. The Morgan fingerprint density at radius 2 is 1.39 bits per heavy atom. The van der Waals surface area contributed by atoms with Crippen molar-refractivity contribution in [3.8, 4) is 0 Å². The molecule has 0 N–H and O–H groups in total. The zero-order valence-corrected chi connectivity index (χ0v) is 27.1. The van der Waals surface area contributed by atoms with Crippen molar-refractivity contribution < 1.29 is 33.2 Å². The van der Waals surface area contributed by atoms with E-state index in [4.69, 9.17) is 28.4 Å². The molecule has 228 valence electrons. The van der Waals surface area contributed by atoms with Crippen LogP contribution in [0.1, 0.15) is 102 Å². The molecule has 0 aliphatic rings. The summed E-state index contributed by atoms with van der Waals surface area (Å²) in [5.74, 6) is 0.859. The summed E-state index contributed by atoms with van der Waals surface area (Å²) in [5.41, 5.74) is -1.73. The number of methoxy groups -OCH3 is 1. The van der Waals surface area contributed by atoms with Gasteiger partial charge in [0.25, 0.3) is 0 Å². The van der Waals surface area contributed by atoms with Gasteiger partial charge in [-0.25, -0.2) is 0 Å². The van der Waals surface area contributed by atoms with E-state index < -0.39 is 16.8 Å². The van der Waals surface area contributed by atoms with Crippen molar-refractivity contribution in [2.75, 3.05) is 46.8 Å². The molecule has 0 aliphatic carbocycles. The lowest BCUT2D eigenvalue weighted by Gasteiger charge is -2.41. The molecule has 0 saturated heterocycles. The van der Waals surface area contributed by atoms with E-state index in [0.717, 1.165) is 25.5 Å². The summed E-state index contributed by atoms with van der Waals surface area (Å²) in [6, 6.07) is 0. The van der Waals surface area contributed by atoms with Crippen LogP contribution >= 0.6 is 0 Å². The summed E-state index contributed by atoms with van der Waals surface area (Å²) in [6.45, 7) is 28.1. The van der Waals surface area contributed by atoms with Crippen molar-refractivity contribution in [1.29, 1.82) is 0 Å². The van der Waals surface area contributed by atoms with E-state index >= 15 is 0 Å². The number of ether oxygens (including phenoxy) is 6. The predicted molar refractivity (Wildman–Crippen MR) is 155 cm³/mol. The molecule has 38 heavy (non-hydrogen) atoms. The molecule has 0 bridgehead atoms. The number of carbonyl (C=O) groups excluding carboxylic acids is 1. The molecule has 0 aromatic rings. The summed E-state index contributed by atoms with van der Waals surface area (Å²) in [6.07, 6.45) is 3.52. The van der Waals surface area contributed by atoms with Crippen LogP contribution in [0.5, 0.6) is 0 Å². The number of carbonyl (C=O) groups is 1. The van der Waals surface area contributed by atoms with Crippen molar-refractivity contribution in [2.45, 2.75) is 131 Å². The van der Waals surface area contributed by atoms with Crippen LogP contribution in [0.4, 0.5) is 0 Å². The molecule has 3 atom stereocenters. The molecule has 0 fully saturated rings. The highest BCUT2D eigenvalue weighted by Crippen LogP contribution is 2.34. The van der Waals surface area contributed by atoms with Crippen LogP contribution in [-0.2, 0) is 33.2 Å². The molecule has 0 aromatic carbocycles. The molecule has 7 heteroatoms. The van der Waals surface area contributed by atoms with Gasteiger partial charge in [-0.05, 0) is 94.4 Å². The largest absolute Gasteiger partial charge is 0.381 e. The van der Waals surface area contributed by atoms with Gasteiger partial charge in [-0.2, -0.15) is 0 Å². The average Bonchev–Trinajstić information content (AvgIpc) is 2.80. The second kappa shape index (κ2) is 17.3. The molecule has 0 rings (SSSR count). The first kappa shape index (κ1) is 37.4. The van der Waals surface area contributed by atoms with Crippen molar-refractivity contribution in [2.24, 2.45) is 17.8 Å². The molecule has 0 heterocycles. The number of aldehydes is 1. The van der Waals surface area contributed by atoms with Crippen LogP contribution in [0.2, 0.25) is 0 Å². The first-order valence-corrected chi connectivity index (χ1v) is 14.5. The van der Waals surface area contributed by atoms with Crippen molar-refractivity contribution >= 4 is 6.29 Å². The van der Waals surface area contributed by atoms with E-state index in [9.17, 15) is 4.79 Å². The summed E-state index contributed by atoms with van der Waals surface area (Å²) in [4.78, 5) is 10.7.